The molecular formula is C22H21ClN4O4S. The van der Waals surface area contributed by atoms with Crippen LogP contribution < -0.4 is 10.1 Å². The topological polar surface area (TPSA) is 114 Å². The molecule has 0 radical (unpaired) electrons. The minimum absolute atomic E-state index is 0.0652. The second-order valence-corrected chi connectivity index (χ2v) is 9.35. The largest absolute Gasteiger partial charge is 0.295 e. The third kappa shape index (κ3) is 5.43. The molecule has 0 aromatic heterocycles. The first-order valence-corrected chi connectivity index (χ1v) is 11.4. The summed E-state index contributed by atoms with van der Waals surface area (Å²) in [4.78, 5) is 10.6. The van der Waals surface area contributed by atoms with Crippen LogP contribution >= 0.6 is 11.6 Å². The van der Waals surface area contributed by atoms with Gasteiger partial charge in [0.15, 0.2) is 0 Å². The summed E-state index contributed by atoms with van der Waals surface area (Å²) in [7, 11) is -4.06. The predicted molar refractivity (Wildman–Crippen MR) is 127 cm³/mol. The van der Waals surface area contributed by atoms with E-state index in [2.05, 4.69) is 15.2 Å². The summed E-state index contributed by atoms with van der Waals surface area (Å²) >= 11 is 5.88. The van der Waals surface area contributed by atoms with Crippen molar-refractivity contribution in [3.8, 4) is 0 Å². The molecular weight excluding hydrogens is 452 g/mol. The molecule has 166 valence electrons. The average Bonchev–Trinajstić information content (AvgIpc) is 2.69. The van der Waals surface area contributed by atoms with Crippen molar-refractivity contribution >= 4 is 44.9 Å². The van der Waals surface area contributed by atoms with Crippen LogP contribution in [0.4, 0.5) is 17.1 Å². The second kappa shape index (κ2) is 9.37. The first-order valence-electron chi connectivity index (χ1n) is 9.50. The van der Waals surface area contributed by atoms with Crippen molar-refractivity contribution in [1.29, 1.82) is 0 Å². The van der Waals surface area contributed by atoms with E-state index >= 15 is 0 Å². The maximum absolute atomic E-state index is 12.7. The first-order chi connectivity index (χ1) is 15.1. The van der Waals surface area contributed by atoms with Gasteiger partial charge in [0, 0.05) is 16.7 Å². The van der Waals surface area contributed by atoms with Crippen molar-refractivity contribution in [3.63, 3.8) is 0 Å². The van der Waals surface area contributed by atoms with Crippen molar-refractivity contribution in [1.82, 2.24) is 0 Å². The molecule has 3 rings (SSSR count). The molecule has 0 saturated carbocycles. The van der Waals surface area contributed by atoms with Crippen molar-refractivity contribution in [2.75, 3.05) is 10.1 Å². The molecule has 0 fully saturated rings. The number of aryl methyl sites for hydroxylation is 3. The van der Waals surface area contributed by atoms with Crippen LogP contribution in [-0.4, -0.2) is 19.6 Å². The molecule has 3 aromatic rings. The highest BCUT2D eigenvalue weighted by molar-refractivity contribution is 7.92. The van der Waals surface area contributed by atoms with Crippen molar-refractivity contribution in [2.24, 2.45) is 5.10 Å². The van der Waals surface area contributed by atoms with Crippen LogP contribution in [0.15, 0.2) is 64.6 Å². The molecule has 0 aliphatic carbocycles. The second-order valence-electron chi connectivity index (χ2n) is 7.23. The quantitative estimate of drug-likeness (QED) is 0.270. The van der Waals surface area contributed by atoms with E-state index in [1.165, 1.54) is 24.3 Å². The number of hydrogen-bond acceptors (Lipinski definition) is 6. The van der Waals surface area contributed by atoms with E-state index < -0.39 is 20.6 Å². The first kappa shape index (κ1) is 23.2. The summed E-state index contributed by atoms with van der Waals surface area (Å²) in [6.07, 6.45) is 1.58. The Morgan fingerprint density at radius 1 is 1.03 bits per heavy atom. The van der Waals surface area contributed by atoms with Crippen LogP contribution in [0.5, 0.6) is 0 Å². The lowest BCUT2D eigenvalue weighted by molar-refractivity contribution is -0.384. The minimum Gasteiger partial charge on any atom is -0.280 e. The lowest BCUT2D eigenvalue weighted by atomic mass is 10.0. The standard InChI is InChI=1S/C22H21ClN4O4S/c1-14-9-15(2)20(16(3)10-14)13-24-25-21-8-7-19(12-22(21)27(28)29)32(30,31)26-18-6-4-5-17(23)11-18/h4-13,25-26H,1-3H3. The van der Waals surface area contributed by atoms with Crippen LogP contribution in [0.2, 0.25) is 5.02 Å². The molecule has 0 aliphatic heterocycles. The Hall–Kier alpha value is -3.43. The van der Waals surface area contributed by atoms with E-state index in [0.29, 0.717) is 5.02 Å². The number of halogens is 1. The van der Waals surface area contributed by atoms with E-state index in [-0.39, 0.29) is 16.3 Å². The molecule has 10 heteroatoms. The predicted octanol–water partition coefficient (Wildman–Crippen LogP) is 5.42. The Bertz CT molecular complexity index is 1300. The Balaban J connectivity index is 1.87. The van der Waals surface area contributed by atoms with Gasteiger partial charge in [-0.2, -0.15) is 5.10 Å². The number of nitro groups is 1. The van der Waals surface area contributed by atoms with Crippen molar-refractivity contribution < 1.29 is 13.3 Å². The fourth-order valence-corrected chi connectivity index (χ4v) is 4.51. The number of hydrogen-bond donors (Lipinski definition) is 2. The Morgan fingerprint density at radius 3 is 2.34 bits per heavy atom. The number of hydrazone groups is 1. The lowest BCUT2D eigenvalue weighted by Gasteiger charge is -2.10. The normalized spacial score (nSPS) is 11.5. The number of anilines is 2. The third-order valence-corrected chi connectivity index (χ3v) is 6.28. The van der Waals surface area contributed by atoms with Gasteiger partial charge in [-0.25, -0.2) is 8.42 Å². The number of benzene rings is 3. The molecule has 0 aliphatic rings. The van der Waals surface area contributed by atoms with Gasteiger partial charge >= 0.3 is 0 Å². The number of sulfonamides is 1. The summed E-state index contributed by atoms with van der Waals surface area (Å²) in [5, 5.41) is 16.0. The number of nitro benzene ring substituents is 1. The van der Waals surface area contributed by atoms with Gasteiger partial charge in [-0.05, 0) is 62.2 Å². The molecule has 0 unspecified atom stereocenters. The molecule has 3 aromatic carbocycles. The zero-order valence-electron chi connectivity index (χ0n) is 17.6. The molecule has 0 spiro atoms. The van der Waals surface area contributed by atoms with Crippen LogP contribution in [0.25, 0.3) is 0 Å². The Labute approximate surface area is 191 Å². The number of nitrogens with zero attached hydrogens (tertiary/aromatic N) is 2. The summed E-state index contributed by atoms with van der Waals surface area (Å²) in [5.74, 6) is 0. The van der Waals surface area contributed by atoms with Gasteiger partial charge < -0.3 is 0 Å². The summed E-state index contributed by atoms with van der Waals surface area (Å²) in [5.41, 5.74) is 6.61. The van der Waals surface area contributed by atoms with Gasteiger partial charge in [0.1, 0.15) is 5.69 Å². The highest BCUT2D eigenvalue weighted by Gasteiger charge is 2.21. The Morgan fingerprint density at radius 2 is 1.72 bits per heavy atom. The Kier molecular flexibility index (Phi) is 6.81. The van der Waals surface area contributed by atoms with E-state index in [1.807, 2.05) is 32.9 Å². The van der Waals surface area contributed by atoms with Crippen molar-refractivity contribution in [3.05, 3.63) is 92.0 Å². The van der Waals surface area contributed by atoms with E-state index in [9.17, 15) is 18.5 Å². The van der Waals surface area contributed by atoms with Gasteiger partial charge in [0.2, 0.25) is 0 Å². The van der Waals surface area contributed by atoms with Gasteiger partial charge in [-0.3, -0.25) is 20.3 Å². The highest BCUT2D eigenvalue weighted by Crippen LogP contribution is 2.29. The summed E-state index contributed by atoms with van der Waals surface area (Å²) in [6.45, 7) is 5.91. The smallest absolute Gasteiger partial charge is 0.280 e. The van der Waals surface area contributed by atoms with E-state index in [0.717, 1.165) is 28.3 Å². The lowest BCUT2D eigenvalue weighted by Crippen LogP contribution is -2.13. The van der Waals surface area contributed by atoms with Gasteiger partial charge in [-0.15, -0.1) is 0 Å². The molecule has 0 saturated heterocycles. The van der Waals surface area contributed by atoms with Crippen molar-refractivity contribution in [2.45, 2.75) is 25.7 Å². The maximum Gasteiger partial charge on any atom is 0.295 e. The highest BCUT2D eigenvalue weighted by atomic mass is 35.5. The van der Waals surface area contributed by atoms with Crippen LogP contribution in [0.3, 0.4) is 0 Å². The number of rotatable bonds is 7. The monoisotopic (exact) mass is 472 g/mol. The fraction of sp³-hybridized carbons (Fsp3) is 0.136. The van der Waals surface area contributed by atoms with Crippen LogP contribution in [0, 0.1) is 30.9 Å². The molecule has 32 heavy (non-hydrogen) atoms. The molecule has 0 atom stereocenters. The maximum atomic E-state index is 12.7. The van der Waals surface area contributed by atoms with Crippen LogP contribution in [-0.2, 0) is 10.0 Å². The minimum atomic E-state index is -4.06. The fourth-order valence-electron chi connectivity index (χ4n) is 3.25. The molecule has 0 amide bonds. The number of nitrogens with one attached hydrogen (secondary N) is 2. The molecule has 8 nitrogen and oxygen atoms in total. The molecule has 0 heterocycles. The summed E-state index contributed by atoms with van der Waals surface area (Å²) < 4.78 is 27.7. The van der Waals surface area contributed by atoms with Gasteiger partial charge in [0.05, 0.1) is 21.7 Å². The van der Waals surface area contributed by atoms with Crippen LogP contribution in [0.1, 0.15) is 22.3 Å². The third-order valence-electron chi connectivity index (χ3n) is 4.67. The van der Waals surface area contributed by atoms with Gasteiger partial charge in [0.25, 0.3) is 15.7 Å². The molecule has 2 N–H and O–H groups in total. The molecule has 0 bridgehead atoms. The SMILES string of the molecule is Cc1cc(C)c(C=NNc2ccc(S(=O)(=O)Nc3cccc(Cl)c3)cc2[N+](=O)[O-])c(C)c1. The zero-order chi connectivity index (χ0) is 23.5. The van der Waals surface area contributed by atoms with Gasteiger partial charge in [-0.1, -0.05) is 35.4 Å². The summed E-state index contributed by atoms with van der Waals surface area (Å²) in [6, 6.07) is 13.7. The van der Waals surface area contributed by atoms with E-state index in [4.69, 9.17) is 11.6 Å². The van der Waals surface area contributed by atoms with E-state index in [1.54, 1.807) is 18.3 Å². The zero-order valence-corrected chi connectivity index (χ0v) is 19.2. The average molecular weight is 473 g/mol.